The van der Waals surface area contributed by atoms with Gasteiger partial charge in [0.15, 0.2) is 0 Å². The minimum Gasteiger partial charge on any atom is -0.345 e. The molecule has 1 amide bonds. The van der Waals surface area contributed by atoms with E-state index >= 15 is 0 Å². The van der Waals surface area contributed by atoms with Crippen molar-refractivity contribution in [2.24, 2.45) is 0 Å². The summed E-state index contributed by atoms with van der Waals surface area (Å²) in [4.78, 5) is 20.1. The Morgan fingerprint density at radius 2 is 1.88 bits per heavy atom. The number of nitriles is 1. The van der Waals surface area contributed by atoms with E-state index in [0.717, 1.165) is 74.5 Å². The van der Waals surface area contributed by atoms with Crippen molar-refractivity contribution in [3.8, 4) is 6.07 Å². The highest BCUT2D eigenvalue weighted by molar-refractivity contribution is 5.96. The molecule has 5 rings (SSSR count). The van der Waals surface area contributed by atoms with Gasteiger partial charge in [0.1, 0.15) is 5.69 Å². The number of hydrogen-bond donors (Lipinski definition) is 1. The predicted octanol–water partition coefficient (Wildman–Crippen LogP) is 4.99. The highest BCUT2D eigenvalue weighted by Crippen LogP contribution is 2.32. The lowest BCUT2D eigenvalue weighted by Crippen LogP contribution is -2.52. The maximum absolute atomic E-state index is 13.2. The number of benzene rings is 2. The molecule has 1 aliphatic carbocycles. The minimum absolute atomic E-state index is 0.0645. The molecule has 2 heterocycles. The number of rotatable bonds is 5. The molecular weight excluding hydrogens is 408 g/mol. The Hall–Kier alpha value is -3.23. The fourth-order valence-corrected chi connectivity index (χ4v) is 5.43. The molecule has 1 aliphatic heterocycles. The molecule has 5 nitrogen and oxygen atoms in total. The van der Waals surface area contributed by atoms with Gasteiger partial charge in [-0.05, 0) is 60.4 Å². The van der Waals surface area contributed by atoms with Crippen LogP contribution in [0.1, 0.15) is 65.7 Å². The van der Waals surface area contributed by atoms with Gasteiger partial charge in [-0.15, -0.1) is 0 Å². The second-order valence-corrected chi connectivity index (χ2v) is 9.58. The first-order valence-corrected chi connectivity index (χ1v) is 12.1. The molecule has 0 unspecified atom stereocenters. The molecule has 33 heavy (non-hydrogen) atoms. The van der Waals surface area contributed by atoms with Crippen LogP contribution in [0.5, 0.6) is 0 Å². The smallest absolute Gasteiger partial charge is 0.270 e. The zero-order valence-electron chi connectivity index (χ0n) is 19.0. The van der Waals surface area contributed by atoms with E-state index in [-0.39, 0.29) is 11.4 Å². The van der Waals surface area contributed by atoms with E-state index in [2.05, 4.69) is 27.3 Å². The van der Waals surface area contributed by atoms with Gasteiger partial charge >= 0.3 is 0 Å². The Balaban J connectivity index is 1.28. The molecule has 1 fully saturated rings. The van der Waals surface area contributed by atoms with Gasteiger partial charge in [0, 0.05) is 36.8 Å². The van der Waals surface area contributed by atoms with Crippen LogP contribution in [0.2, 0.25) is 0 Å². The Morgan fingerprint density at radius 1 is 1.06 bits per heavy atom. The molecule has 0 spiro atoms. The van der Waals surface area contributed by atoms with Crippen LogP contribution in [-0.4, -0.2) is 34.4 Å². The molecule has 3 aromatic rings. The third kappa shape index (κ3) is 4.77. The summed E-state index contributed by atoms with van der Waals surface area (Å²) in [5.74, 6) is -0.0645. The van der Waals surface area contributed by atoms with Crippen molar-refractivity contribution in [3.63, 3.8) is 0 Å². The van der Waals surface area contributed by atoms with Gasteiger partial charge < -0.3 is 5.32 Å². The minimum atomic E-state index is -0.169. The number of carbonyl (C=O) groups is 1. The van der Waals surface area contributed by atoms with Crippen LogP contribution in [0, 0.1) is 11.3 Å². The van der Waals surface area contributed by atoms with Gasteiger partial charge in [0.25, 0.3) is 5.91 Å². The maximum atomic E-state index is 13.2. The third-order valence-corrected chi connectivity index (χ3v) is 7.39. The first-order valence-electron chi connectivity index (χ1n) is 12.1. The van der Waals surface area contributed by atoms with E-state index in [1.807, 2.05) is 42.5 Å². The normalized spacial score (nSPS) is 17.8. The lowest BCUT2D eigenvalue weighted by Gasteiger charge is -2.40. The van der Waals surface area contributed by atoms with Crippen LogP contribution in [0.4, 0.5) is 0 Å². The van der Waals surface area contributed by atoms with Gasteiger partial charge in [-0.25, -0.2) is 0 Å². The number of aromatic nitrogens is 1. The summed E-state index contributed by atoms with van der Waals surface area (Å²) in [6.45, 7) is 2.85. The topological polar surface area (TPSA) is 69.0 Å². The van der Waals surface area contributed by atoms with Crippen LogP contribution in [0.3, 0.4) is 0 Å². The van der Waals surface area contributed by atoms with Gasteiger partial charge in [0.05, 0.1) is 11.6 Å². The van der Waals surface area contributed by atoms with Crippen molar-refractivity contribution < 1.29 is 4.79 Å². The van der Waals surface area contributed by atoms with E-state index < -0.39 is 0 Å². The van der Waals surface area contributed by atoms with Crippen LogP contribution in [0.25, 0.3) is 10.8 Å². The van der Waals surface area contributed by atoms with Gasteiger partial charge in [-0.3, -0.25) is 14.7 Å². The SMILES string of the molecule is N#Cc1ccc2c(c1)CN(CCC1(NC(=O)c3cc4ccccc4cn3)CCCCC1)CC2. The molecule has 1 saturated carbocycles. The van der Waals surface area contributed by atoms with Crippen molar-refractivity contribution in [2.45, 2.75) is 57.0 Å². The molecule has 168 valence electrons. The van der Waals surface area contributed by atoms with Crippen molar-refractivity contribution in [1.82, 2.24) is 15.2 Å². The summed E-state index contributed by atoms with van der Waals surface area (Å²) < 4.78 is 0. The Kier molecular flexibility index (Phi) is 6.11. The van der Waals surface area contributed by atoms with Crippen LogP contribution < -0.4 is 5.32 Å². The van der Waals surface area contributed by atoms with E-state index in [9.17, 15) is 10.1 Å². The molecular formula is C28H30N4O. The lowest BCUT2D eigenvalue weighted by molar-refractivity contribution is 0.0835. The Labute approximate surface area is 195 Å². The van der Waals surface area contributed by atoms with Gasteiger partial charge in [0.2, 0.25) is 0 Å². The summed E-state index contributed by atoms with van der Waals surface area (Å²) in [6.07, 6.45) is 9.34. The number of pyridine rings is 1. The first kappa shape index (κ1) is 21.6. The van der Waals surface area contributed by atoms with Crippen molar-refractivity contribution >= 4 is 16.7 Å². The van der Waals surface area contributed by atoms with Gasteiger partial charge in [-0.2, -0.15) is 5.26 Å². The quantitative estimate of drug-likeness (QED) is 0.609. The molecule has 0 saturated heterocycles. The molecule has 2 aliphatic rings. The zero-order valence-corrected chi connectivity index (χ0v) is 19.0. The highest BCUT2D eigenvalue weighted by atomic mass is 16.2. The number of hydrogen-bond acceptors (Lipinski definition) is 4. The molecule has 1 aromatic heterocycles. The van der Waals surface area contributed by atoms with E-state index in [0.29, 0.717) is 5.69 Å². The number of nitrogens with zero attached hydrogens (tertiary/aromatic N) is 3. The number of amides is 1. The second kappa shape index (κ2) is 9.33. The van der Waals surface area contributed by atoms with Crippen molar-refractivity contribution in [1.29, 1.82) is 5.26 Å². The lowest BCUT2D eigenvalue weighted by atomic mass is 9.78. The molecule has 0 bridgehead atoms. The fourth-order valence-electron chi connectivity index (χ4n) is 5.43. The molecule has 0 atom stereocenters. The van der Waals surface area contributed by atoms with Crippen LogP contribution >= 0.6 is 0 Å². The molecule has 2 aromatic carbocycles. The number of nitrogens with one attached hydrogen (secondary N) is 1. The molecule has 1 N–H and O–H groups in total. The van der Waals surface area contributed by atoms with Gasteiger partial charge in [-0.1, -0.05) is 49.6 Å². The predicted molar refractivity (Wildman–Crippen MR) is 130 cm³/mol. The summed E-state index contributed by atoms with van der Waals surface area (Å²) in [7, 11) is 0. The standard InChI is InChI=1S/C28H30N4O/c29-18-21-8-9-22-10-14-32(20-25(22)16-21)15-13-28(11-4-1-5-12-28)31-27(33)26-17-23-6-2-3-7-24(23)19-30-26/h2-3,6-9,16-17,19H,1,4-5,10-15,20H2,(H,31,33). The average molecular weight is 439 g/mol. The van der Waals surface area contributed by atoms with E-state index in [1.165, 1.54) is 17.5 Å². The van der Waals surface area contributed by atoms with Crippen molar-refractivity contribution in [3.05, 3.63) is 77.1 Å². The summed E-state index contributed by atoms with van der Waals surface area (Å²) >= 11 is 0. The monoisotopic (exact) mass is 438 g/mol. The third-order valence-electron chi connectivity index (χ3n) is 7.39. The van der Waals surface area contributed by atoms with E-state index in [4.69, 9.17) is 0 Å². The van der Waals surface area contributed by atoms with Crippen LogP contribution in [0.15, 0.2) is 54.7 Å². The number of carbonyl (C=O) groups excluding carboxylic acids is 1. The van der Waals surface area contributed by atoms with Crippen molar-refractivity contribution in [2.75, 3.05) is 13.1 Å². The number of fused-ring (bicyclic) bond motifs is 2. The highest BCUT2D eigenvalue weighted by Gasteiger charge is 2.34. The zero-order chi connectivity index (χ0) is 22.7. The van der Waals surface area contributed by atoms with E-state index in [1.54, 1.807) is 6.20 Å². The summed E-state index contributed by atoms with van der Waals surface area (Å²) in [5.41, 5.74) is 3.68. The second-order valence-electron chi connectivity index (χ2n) is 9.58. The fraction of sp³-hybridized carbons (Fsp3) is 0.393. The maximum Gasteiger partial charge on any atom is 0.270 e. The molecule has 5 heteroatoms. The largest absolute Gasteiger partial charge is 0.345 e. The summed E-state index contributed by atoms with van der Waals surface area (Å²) in [6, 6.07) is 18.2. The Morgan fingerprint density at radius 3 is 2.70 bits per heavy atom. The molecule has 0 radical (unpaired) electrons. The summed E-state index contributed by atoms with van der Waals surface area (Å²) in [5, 5.41) is 14.7. The first-order chi connectivity index (χ1) is 16.1. The van der Waals surface area contributed by atoms with Crippen LogP contribution in [-0.2, 0) is 13.0 Å². The Bertz CT molecular complexity index is 1210. The average Bonchev–Trinajstić information content (AvgIpc) is 2.87.